The molecule has 2 aliphatic rings. The van der Waals surface area contributed by atoms with Crippen LogP contribution in [0.2, 0.25) is 0 Å². The van der Waals surface area contributed by atoms with Crippen molar-refractivity contribution in [1.82, 2.24) is 29.0 Å². The molecule has 0 aromatic carbocycles. The third-order valence-electron chi connectivity index (χ3n) is 4.72. The van der Waals surface area contributed by atoms with Gasteiger partial charge in [0.2, 0.25) is 5.91 Å². The van der Waals surface area contributed by atoms with Crippen LogP contribution in [0.3, 0.4) is 0 Å². The lowest BCUT2D eigenvalue weighted by Crippen LogP contribution is -2.35. The van der Waals surface area contributed by atoms with Crippen LogP contribution in [0, 0.1) is 0 Å². The number of nitrogens with zero attached hydrogens (tertiary/aromatic N) is 6. The zero-order valence-corrected chi connectivity index (χ0v) is 14.1. The Balaban J connectivity index is 1.26. The molecule has 0 spiro atoms. The van der Waals surface area contributed by atoms with E-state index in [1.165, 1.54) is 12.8 Å². The Morgan fingerprint density at radius 2 is 2.17 bits per heavy atom. The van der Waals surface area contributed by atoms with Crippen LogP contribution in [-0.2, 0) is 24.2 Å². The van der Waals surface area contributed by atoms with Crippen molar-refractivity contribution in [3.63, 3.8) is 0 Å². The predicted octanol–water partition coefficient (Wildman–Crippen LogP) is 1.49. The summed E-state index contributed by atoms with van der Waals surface area (Å²) in [6.07, 6.45) is 7.48. The minimum Gasteiger partial charge on any atom is -0.340 e. The first kappa shape index (κ1) is 14.2. The molecule has 1 fully saturated rings. The zero-order valence-electron chi connectivity index (χ0n) is 13.3. The predicted molar refractivity (Wildman–Crippen MR) is 89.1 cm³/mol. The molecular formula is C16H18N6OS. The van der Waals surface area contributed by atoms with E-state index in [1.807, 2.05) is 31.8 Å². The molecule has 124 valence electrons. The molecule has 24 heavy (non-hydrogen) atoms. The Labute approximate surface area is 142 Å². The summed E-state index contributed by atoms with van der Waals surface area (Å²) in [4.78, 5) is 24.6. The van der Waals surface area contributed by atoms with Crippen LogP contribution in [0.4, 0.5) is 0 Å². The van der Waals surface area contributed by atoms with Gasteiger partial charge in [-0.2, -0.15) is 5.10 Å². The number of hydrogen-bond donors (Lipinski definition) is 0. The smallest absolute Gasteiger partial charge is 0.228 e. The van der Waals surface area contributed by atoms with Crippen LogP contribution in [-0.4, -0.2) is 48.0 Å². The second-order valence-electron chi connectivity index (χ2n) is 6.52. The van der Waals surface area contributed by atoms with Crippen LogP contribution < -0.4 is 0 Å². The van der Waals surface area contributed by atoms with E-state index in [-0.39, 0.29) is 5.91 Å². The van der Waals surface area contributed by atoms with Crippen LogP contribution in [0.15, 0.2) is 17.8 Å². The minimum atomic E-state index is 0.133. The summed E-state index contributed by atoms with van der Waals surface area (Å²) >= 11 is 1.58. The standard InChI is InChI=1S/C16H18N6OS/c23-14(9-12-10-21-7-8-24-16(21)17-12)20-4-3-13-18-15(11-1-2-11)19-22(13)6-5-20/h7-8,10-11H,1-6,9H2. The third kappa shape index (κ3) is 2.50. The molecule has 1 aliphatic carbocycles. The Morgan fingerprint density at radius 3 is 3.00 bits per heavy atom. The lowest BCUT2D eigenvalue weighted by Gasteiger charge is -2.19. The van der Waals surface area contributed by atoms with Gasteiger partial charge in [0.1, 0.15) is 5.82 Å². The summed E-state index contributed by atoms with van der Waals surface area (Å²) < 4.78 is 3.96. The minimum absolute atomic E-state index is 0.133. The number of aromatic nitrogens is 5. The van der Waals surface area contributed by atoms with Gasteiger partial charge in [0.25, 0.3) is 0 Å². The number of amides is 1. The van der Waals surface area contributed by atoms with Gasteiger partial charge >= 0.3 is 0 Å². The molecule has 3 aromatic rings. The van der Waals surface area contributed by atoms with Crippen molar-refractivity contribution in [1.29, 1.82) is 0 Å². The lowest BCUT2D eigenvalue weighted by atomic mass is 10.2. The van der Waals surface area contributed by atoms with Crippen molar-refractivity contribution in [3.8, 4) is 0 Å². The maximum Gasteiger partial charge on any atom is 0.228 e. The molecule has 0 N–H and O–H groups in total. The molecule has 7 nitrogen and oxygen atoms in total. The summed E-state index contributed by atoms with van der Waals surface area (Å²) in [5.41, 5.74) is 0.836. The van der Waals surface area contributed by atoms with E-state index in [4.69, 9.17) is 0 Å². The van der Waals surface area contributed by atoms with E-state index in [0.717, 1.165) is 35.3 Å². The van der Waals surface area contributed by atoms with E-state index in [1.54, 1.807) is 11.3 Å². The molecule has 1 amide bonds. The van der Waals surface area contributed by atoms with Crippen LogP contribution in [0.1, 0.15) is 36.1 Å². The summed E-state index contributed by atoms with van der Waals surface area (Å²) in [5, 5.41) is 6.62. The van der Waals surface area contributed by atoms with Gasteiger partial charge in [0.15, 0.2) is 10.8 Å². The highest BCUT2D eigenvalue weighted by Gasteiger charge is 2.30. The Bertz CT molecular complexity index is 851. The second kappa shape index (κ2) is 5.41. The highest BCUT2D eigenvalue weighted by molar-refractivity contribution is 7.15. The van der Waals surface area contributed by atoms with E-state index >= 15 is 0 Å². The van der Waals surface area contributed by atoms with Gasteiger partial charge < -0.3 is 4.90 Å². The van der Waals surface area contributed by atoms with E-state index in [0.29, 0.717) is 25.4 Å². The number of hydrogen-bond acceptors (Lipinski definition) is 5. The van der Waals surface area contributed by atoms with Crippen molar-refractivity contribution < 1.29 is 4.79 Å². The maximum absolute atomic E-state index is 12.6. The van der Waals surface area contributed by atoms with Crippen LogP contribution >= 0.6 is 11.3 Å². The van der Waals surface area contributed by atoms with Gasteiger partial charge in [-0.15, -0.1) is 11.3 Å². The molecular weight excluding hydrogens is 324 g/mol. The van der Waals surface area contributed by atoms with Crippen molar-refractivity contribution in [2.24, 2.45) is 0 Å². The molecule has 1 saturated carbocycles. The topological polar surface area (TPSA) is 68.3 Å². The number of fused-ring (bicyclic) bond motifs is 2. The van der Waals surface area contributed by atoms with Crippen molar-refractivity contribution in [2.75, 3.05) is 13.1 Å². The average Bonchev–Trinajstić information content (AvgIpc) is 3.11. The number of carbonyl (C=O) groups excluding carboxylic acids is 1. The fraction of sp³-hybridized carbons (Fsp3) is 0.500. The van der Waals surface area contributed by atoms with Crippen molar-refractivity contribution >= 4 is 22.2 Å². The number of carbonyl (C=O) groups is 1. The summed E-state index contributed by atoms with van der Waals surface area (Å²) in [7, 11) is 0. The molecule has 0 saturated heterocycles. The first-order chi connectivity index (χ1) is 11.8. The first-order valence-electron chi connectivity index (χ1n) is 8.39. The number of thiazole rings is 1. The summed E-state index contributed by atoms with van der Waals surface area (Å²) in [6.45, 7) is 2.14. The molecule has 0 unspecified atom stereocenters. The van der Waals surface area contributed by atoms with Gasteiger partial charge in [-0.05, 0) is 12.8 Å². The van der Waals surface area contributed by atoms with E-state index in [9.17, 15) is 4.79 Å². The van der Waals surface area contributed by atoms with Gasteiger partial charge in [-0.25, -0.2) is 14.6 Å². The third-order valence-corrected chi connectivity index (χ3v) is 5.49. The fourth-order valence-corrected chi connectivity index (χ4v) is 3.93. The Morgan fingerprint density at radius 1 is 1.25 bits per heavy atom. The quantitative estimate of drug-likeness (QED) is 0.723. The lowest BCUT2D eigenvalue weighted by molar-refractivity contribution is -0.130. The van der Waals surface area contributed by atoms with Crippen molar-refractivity contribution in [2.45, 2.75) is 38.1 Å². The Kier molecular flexibility index (Phi) is 3.19. The Hall–Kier alpha value is -2.22. The SMILES string of the molecule is O=C(Cc1cn2ccsc2n1)N1CCc2nc(C3CC3)nn2CC1. The van der Waals surface area contributed by atoms with E-state index in [2.05, 4.69) is 15.1 Å². The monoisotopic (exact) mass is 342 g/mol. The molecule has 8 heteroatoms. The van der Waals surface area contributed by atoms with Crippen LogP contribution in [0.5, 0.6) is 0 Å². The molecule has 5 rings (SSSR count). The summed E-state index contributed by atoms with van der Waals surface area (Å²) in [6, 6.07) is 0. The van der Waals surface area contributed by atoms with Gasteiger partial charge in [-0.1, -0.05) is 0 Å². The van der Waals surface area contributed by atoms with Crippen molar-refractivity contribution in [3.05, 3.63) is 35.1 Å². The second-order valence-corrected chi connectivity index (χ2v) is 7.39. The van der Waals surface area contributed by atoms with Gasteiger partial charge in [0.05, 0.1) is 18.7 Å². The largest absolute Gasteiger partial charge is 0.340 e. The fourth-order valence-electron chi connectivity index (χ4n) is 3.21. The summed E-state index contributed by atoms with van der Waals surface area (Å²) in [5.74, 6) is 2.74. The maximum atomic E-state index is 12.6. The highest BCUT2D eigenvalue weighted by atomic mass is 32.1. The van der Waals surface area contributed by atoms with Gasteiger partial charge in [-0.3, -0.25) is 9.20 Å². The van der Waals surface area contributed by atoms with Crippen LogP contribution in [0.25, 0.3) is 4.96 Å². The average molecular weight is 342 g/mol. The molecule has 0 bridgehead atoms. The molecule has 4 heterocycles. The van der Waals surface area contributed by atoms with E-state index < -0.39 is 0 Å². The van der Waals surface area contributed by atoms with Gasteiger partial charge in [0, 0.05) is 43.2 Å². The number of rotatable bonds is 3. The molecule has 0 radical (unpaired) electrons. The zero-order chi connectivity index (χ0) is 16.1. The molecule has 3 aromatic heterocycles. The number of imidazole rings is 1. The molecule has 1 aliphatic heterocycles. The normalized spacial score (nSPS) is 17.9. The first-order valence-corrected chi connectivity index (χ1v) is 9.27. The molecule has 0 atom stereocenters. The highest BCUT2D eigenvalue weighted by Crippen LogP contribution is 2.38.